The Balaban J connectivity index is 1.65. The molecule has 0 bridgehead atoms. The van der Waals surface area contributed by atoms with E-state index in [4.69, 9.17) is 4.74 Å². The summed E-state index contributed by atoms with van der Waals surface area (Å²) in [7, 11) is 5.16. The van der Waals surface area contributed by atoms with Crippen molar-refractivity contribution in [2.24, 2.45) is 7.05 Å². The number of nitrogens with zero attached hydrogens (tertiary/aromatic N) is 6. The molecule has 182 valence electrons. The monoisotopic (exact) mass is 485 g/mol. The van der Waals surface area contributed by atoms with Crippen LogP contribution in [0.2, 0.25) is 0 Å². The molecule has 5 rings (SSSR count). The molecule has 0 saturated carbocycles. The van der Waals surface area contributed by atoms with Crippen molar-refractivity contribution < 1.29 is 13.9 Å². The Morgan fingerprint density at radius 3 is 2.69 bits per heavy atom. The van der Waals surface area contributed by atoms with Crippen LogP contribution in [0.15, 0.2) is 61.3 Å². The standard InChI is InChI=1S/C26H24FN7O2/c1-15(26(35)33(2)3)36-22-11-16(17-12-31-34(4)13-17)10-21-23(22)25(30-14-29-21)32-20-8-7-19-18(24(20)27)6-5-9-28-19/h5-15H,1-4H3,(H,29,30,32)/t15-/m0/s1. The van der Waals surface area contributed by atoms with Crippen LogP contribution < -0.4 is 10.1 Å². The summed E-state index contributed by atoms with van der Waals surface area (Å²) < 4.78 is 23.2. The third-order valence-corrected chi connectivity index (χ3v) is 5.80. The number of carbonyl (C=O) groups excluding carboxylic acids is 1. The van der Waals surface area contributed by atoms with Gasteiger partial charge >= 0.3 is 0 Å². The molecular formula is C26H24FN7O2. The van der Waals surface area contributed by atoms with E-state index in [1.54, 1.807) is 62.4 Å². The number of rotatable bonds is 6. The van der Waals surface area contributed by atoms with E-state index >= 15 is 4.39 Å². The number of likely N-dealkylation sites (N-methyl/N-ethyl adjacent to an activating group) is 1. The molecule has 1 amide bonds. The summed E-state index contributed by atoms with van der Waals surface area (Å²) in [6, 6.07) is 10.4. The number of fused-ring (bicyclic) bond motifs is 2. The summed E-state index contributed by atoms with van der Waals surface area (Å²) in [5, 5.41) is 8.25. The van der Waals surface area contributed by atoms with Gasteiger partial charge in [-0.1, -0.05) is 0 Å². The number of carbonyl (C=O) groups is 1. The molecule has 9 nitrogen and oxygen atoms in total. The molecule has 2 aromatic carbocycles. The molecule has 0 saturated heterocycles. The zero-order chi connectivity index (χ0) is 25.4. The van der Waals surface area contributed by atoms with Crippen LogP contribution in [0.3, 0.4) is 0 Å². The van der Waals surface area contributed by atoms with Crippen molar-refractivity contribution in [2.45, 2.75) is 13.0 Å². The van der Waals surface area contributed by atoms with E-state index in [2.05, 4.69) is 25.4 Å². The number of aryl methyl sites for hydroxylation is 1. The van der Waals surface area contributed by atoms with Gasteiger partial charge in [0.15, 0.2) is 11.9 Å². The van der Waals surface area contributed by atoms with Crippen molar-refractivity contribution in [1.29, 1.82) is 0 Å². The van der Waals surface area contributed by atoms with Crippen molar-refractivity contribution in [3.05, 3.63) is 67.1 Å². The highest BCUT2D eigenvalue weighted by Crippen LogP contribution is 2.37. The molecule has 1 atom stereocenters. The second kappa shape index (κ2) is 9.21. The molecule has 3 aromatic heterocycles. The van der Waals surface area contributed by atoms with E-state index in [9.17, 15) is 4.79 Å². The first kappa shape index (κ1) is 23.2. The fourth-order valence-electron chi connectivity index (χ4n) is 4.02. The molecule has 0 aliphatic carbocycles. The summed E-state index contributed by atoms with van der Waals surface area (Å²) in [4.78, 5) is 27.1. The van der Waals surface area contributed by atoms with Crippen LogP contribution in [0.5, 0.6) is 5.75 Å². The van der Waals surface area contributed by atoms with Gasteiger partial charge in [-0.2, -0.15) is 5.10 Å². The predicted molar refractivity (Wildman–Crippen MR) is 136 cm³/mol. The Morgan fingerprint density at radius 1 is 1.11 bits per heavy atom. The largest absolute Gasteiger partial charge is 0.480 e. The summed E-state index contributed by atoms with van der Waals surface area (Å²) in [6.45, 7) is 1.68. The number of anilines is 2. The van der Waals surface area contributed by atoms with Gasteiger partial charge in [0.1, 0.15) is 17.9 Å². The lowest BCUT2D eigenvalue weighted by molar-refractivity contribution is -0.135. The molecule has 0 unspecified atom stereocenters. The van der Waals surface area contributed by atoms with E-state index in [0.29, 0.717) is 33.4 Å². The molecule has 0 fully saturated rings. The van der Waals surface area contributed by atoms with E-state index in [1.165, 1.54) is 11.2 Å². The van der Waals surface area contributed by atoms with Gasteiger partial charge in [0, 0.05) is 44.5 Å². The number of halogens is 1. The Kier molecular flexibility index (Phi) is 5.93. The van der Waals surface area contributed by atoms with Gasteiger partial charge in [0.2, 0.25) is 0 Å². The topological polar surface area (TPSA) is 98.1 Å². The zero-order valence-electron chi connectivity index (χ0n) is 20.2. The Morgan fingerprint density at radius 2 is 1.94 bits per heavy atom. The number of pyridine rings is 1. The fraction of sp³-hybridized carbons (Fsp3) is 0.192. The molecule has 36 heavy (non-hydrogen) atoms. The van der Waals surface area contributed by atoms with Gasteiger partial charge in [0.05, 0.1) is 28.3 Å². The smallest absolute Gasteiger partial charge is 0.262 e. The highest BCUT2D eigenvalue weighted by Gasteiger charge is 2.21. The van der Waals surface area contributed by atoms with E-state index in [-0.39, 0.29) is 11.6 Å². The van der Waals surface area contributed by atoms with E-state index in [1.807, 2.05) is 25.4 Å². The summed E-state index contributed by atoms with van der Waals surface area (Å²) >= 11 is 0. The molecule has 5 aromatic rings. The first-order valence-electron chi connectivity index (χ1n) is 11.3. The third kappa shape index (κ3) is 4.28. The van der Waals surface area contributed by atoms with Gasteiger partial charge in [-0.15, -0.1) is 0 Å². The maximum atomic E-state index is 15.3. The molecule has 10 heteroatoms. The SMILES string of the molecule is C[C@H](Oc1cc(-c2cnn(C)c2)cc2ncnc(Nc3ccc4ncccc4c3F)c12)C(=O)N(C)C. The van der Waals surface area contributed by atoms with Crippen LogP contribution in [0.25, 0.3) is 32.9 Å². The highest BCUT2D eigenvalue weighted by molar-refractivity contribution is 5.99. The van der Waals surface area contributed by atoms with Crippen molar-refractivity contribution in [1.82, 2.24) is 29.6 Å². The van der Waals surface area contributed by atoms with Gasteiger partial charge in [-0.3, -0.25) is 14.5 Å². The summed E-state index contributed by atoms with van der Waals surface area (Å²) in [6.07, 6.45) is 5.85. The quantitative estimate of drug-likeness (QED) is 0.383. The second-order valence-electron chi connectivity index (χ2n) is 8.61. The van der Waals surface area contributed by atoms with Gasteiger partial charge in [0.25, 0.3) is 5.91 Å². The van der Waals surface area contributed by atoms with Crippen molar-refractivity contribution in [3.8, 4) is 16.9 Å². The number of hydrogen-bond donors (Lipinski definition) is 1. The first-order valence-corrected chi connectivity index (χ1v) is 11.3. The second-order valence-corrected chi connectivity index (χ2v) is 8.61. The third-order valence-electron chi connectivity index (χ3n) is 5.80. The first-order chi connectivity index (χ1) is 17.3. The van der Waals surface area contributed by atoms with Crippen molar-refractivity contribution >= 4 is 39.2 Å². The molecular weight excluding hydrogens is 461 g/mol. The molecule has 0 radical (unpaired) electrons. The number of hydrogen-bond acceptors (Lipinski definition) is 7. The molecule has 0 spiro atoms. The number of benzene rings is 2. The van der Waals surface area contributed by atoms with E-state index < -0.39 is 11.9 Å². The summed E-state index contributed by atoms with van der Waals surface area (Å²) in [5.74, 6) is 0.0896. The van der Waals surface area contributed by atoms with Crippen LogP contribution >= 0.6 is 0 Å². The van der Waals surface area contributed by atoms with Crippen LogP contribution in [-0.4, -0.2) is 55.7 Å². The molecule has 3 heterocycles. The number of aromatic nitrogens is 5. The number of amides is 1. The van der Waals surface area contributed by atoms with E-state index in [0.717, 1.165) is 11.1 Å². The normalized spacial score (nSPS) is 12.0. The van der Waals surface area contributed by atoms with Crippen molar-refractivity contribution in [3.63, 3.8) is 0 Å². The minimum Gasteiger partial charge on any atom is -0.480 e. The zero-order valence-corrected chi connectivity index (χ0v) is 20.2. The van der Waals surface area contributed by atoms with Crippen LogP contribution in [-0.2, 0) is 11.8 Å². The Labute approximate surface area is 206 Å². The fourth-order valence-corrected chi connectivity index (χ4v) is 4.02. The van der Waals surface area contributed by atoms with Gasteiger partial charge in [-0.25, -0.2) is 14.4 Å². The predicted octanol–water partition coefficient (Wildman–Crippen LogP) is 4.32. The summed E-state index contributed by atoms with van der Waals surface area (Å²) in [5.41, 5.74) is 3.01. The molecule has 0 aliphatic rings. The lowest BCUT2D eigenvalue weighted by atomic mass is 10.1. The highest BCUT2D eigenvalue weighted by atomic mass is 19.1. The number of ether oxygens (including phenoxy) is 1. The molecule has 1 N–H and O–H groups in total. The Hall–Kier alpha value is -4.60. The van der Waals surface area contributed by atoms with Gasteiger partial charge in [-0.05, 0) is 48.9 Å². The maximum absolute atomic E-state index is 15.3. The Bertz CT molecular complexity index is 1600. The minimum atomic E-state index is -0.774. The maximum Gasteiger partial charge on any atom is 0.262 e. The van der Waals surface area contributed by atoms with Crippen LogP contribution in [0, 0.1) is 5.82 Å². The average Bonchev–Trinajstić information content (AvgIpc) is 3.31. The minimum absolute atomic E-state index is 0.200. The van der Waals surface area contributed by atoms with Crippen LogP contribution in [0.4, 0.5) is 15.9 Å². The lowest BCUT2D eigenvalue weighted by Gasteiger charge is -2.20. The number of nitrogens with one attached hydrogen (secondary N) is 1. The van der Waals surface area contributed by atoms with Crippen LogP contribution in [0.1, 0.15) is 6.92 Å². The molecule has 0 aliphatic heterocycles. The lowest BCUT2D eigenvalue weighted by Crippen LogP contribution is -2.35. The van der Waals surface area contributed by atoms with Crippen molar-refractivity contribution in [2.75, 3.05) is 19.4 Å². The van der Waals surface area contributed by atoms with Gasteiger partial charge < -0.3 is 15.0 Å². The average molecular weight is 486 g/mol.